The number of hydrogen-bond donors (Lipinski definition) is 3. The first-order valence-electron chi connectivity index (χ1n) is 15.7. The predicted molar refractivity (Wildman–Crippen MR) is 182 cm³/mol. The molecule has 1 aromatic heterocycles. The normalized spacial score (nSPS) is 17.5. The zero-order chi connectivity index (χ0) is 30.0. The molecule has 10 heteroatoms. The number of nitrogens with zero attached hydrogens (tertiary/aromatic N) is 4. The zero-order valence-corrected chi connectivity index (χ0v) is 27.6. The van der Waals surface area contributed by atoms with Gasteiger partial charge in [0.05, 0.1) is 4.88 Å². The van der Waals surface area contributed by atoms with E-state index in [2.05, 4.69) is 56.0 Å². The molecule has 0 spiro atoms. The molecule has 0 bridgehead atoms. The molecule has 5 rings (SSSR count). The fourth-order valence-electron chi connectivity index (χ4n) is 6.15. The number of benzene rings is 2. The molecule has 0 amide bonds. The third kappa shape index (κ3) is 8.93. The van der Waals surface area contributed by atoms with Crippen LogP contribution < -0.4 is 0 Å². The molecule has 43 heavy (non-hydrogen) atoms. The number of aliphatic hydroxyl groups excluding tert-OH is 2. The Bertz CT molecular complexity index is 1280. The Morgan fingerprint density at radius 2 is 1.12 bits per heavy atom. The van der Waals surface area contributed by atoms with Crippen LogP contribution >= 0.6 is 32.9 Å². The van der Waals surface area contributed by atoms with Gasteiger partial charge in [-0.25, -0.2) is 0 Å². The largest absolute Gasteiger partial charge is 0.507 e. The minimum atomic E-state index is 0.266. The van der Waals surface area contributed by atoms with E-state index in [-0.39, 0.29) is 13.2 Å². The zero-order valence-electron chi connectivity index (χ0n) is 25.1. The van der Waals surface area contributed by atoms with Crippen LogP contribution in [0.2, 0.25) is 0 Å². The van der Waals surface area contributed by atoms with Gasteiger partial charge in [-0.3, -0.25) is 9.80 Å². The summed E-state index contributed by atoms with van der Waals surface area (Å²) in [6, 6.07) is 14.8. The second-order valence-electron chi connectivity index (χ2n) is 11.8. The van der Waals surface area contributed by atoms with Crippen LogP contribution in [0.25, 0.3) is 21.6 Å². The van der Waals surface area contributed by atoms with Gasteiger partial charge in [0.1, 0.15) is 9.57 Å². The van der Waals surface area contributed by atoms with Gasteiger partial charge in [0.25, 0.3) is 0 Å². The van der Waals surface area contributed by atoms with Gasteiger partial charge in [-0.2, -0.15) is 0 Å². The van der Waals surface area contributed by atoms with E-state index in [1.54, 1.807) is 20.7 Å². The van der Waals surface area contributed by atoms with E-state index >= 15 is 0 Å². The quantitative estimate of drug-likeness (QED) is 0.123. The molecule has 3 aromatic rings. The summed E-state index contributed by atoms with van der Waals surface area (Å²) in [5.74, 6) is 0.430. The molecule has 0 unspecified atom stereocenters. The summed E-state index contributed by atoms with van der Waals surface area (Å²) in [6.07, 6.45) is 3.80. The molecule has 2 aromatic carbocycles. The number of phenolic OH excluding ortho intramolecular Hbond substituents is 1. The SMILES string of the molecule is OCCCCN1CCN(Cc2cc(-c3ssc(=S)c3-c3ccccc3)cc(CN3CCN(CCCCO)CC3)c2O)CC1. The van der Waals surface area contributed by atoms with Crippen molar-refractivity contribution in [1.29, 1.82) is 0 Å². The van der Waals surface area contributed by atoms with E-state index in [1.165, 1.54) is 4.88 Å². The summed E-state index contributed by atoms with van der Waals surface area (Å²) < 4.78 is 0.914. The van der Waals surface area contributed by atoms with Crippen LogP contribution in [0, 0.1) is 3.82 Å². The van der Waals surface area contributed by atoms with Gasteiger partial charge in [0.15, 0.2) is 0 Å². The molecule has 0 aliphatic carbocycles. The lowest BCUT2D eigenvalue weighted by Crippen LogP contribution is -2.46. The van der Waals surface area contributed by atoms with Gasteiger partial charge >= 0.3 is 0 Å². The van der Waals surface area contributed by atoms with Crippen molar-refractivity contribution >= 4 is 32.9 Å². The number of hydrogen-bond acceptors (Lipinski definition) is 10. The lowest BCUT2D eigenvalue weighted by atomic mass is 9.98. The highest BCUT2D eigenvalue weighted by Gasteiger charge is 2.23. The minimum Gasteiger partial charge on any atom is -0.507 e. The van der Waals surface area contributed by atoms with Crippen LogP contribution in [-0.2, 0) is 13.1 Å². The van der Waals surface area contributed by atoms with Crippen molar-refractivity contribution in [3.8, 4) is 27.3 Å². The van der Waals surface area contributed by atoms with E-state index in [9.17, 15) is 5.11 Å². The third-order valence-corrected chi connectivity index (χ3v) is 11.8. The smallest absolute Gasteiger partial charge is 0.124 e. The van der Waals surface area contributed by atoms with Crippen LogP contribution in [0.3, 0.4) is 0 Å². The minimum absolute atomic E-state index is 0.266. The third-order valence-electron chi connectivity index (χ3n) is 8.71. The summed E-state index contributed by atoms with van der Waals surface area (Å²) >= 11 is 5.83. The monoisotopic (exact) mass is 642 g/mol. The molecule has 2 aliphatic heterocycles. The molecule has 2 aliphatic rings. The van der Waals surface area contributed by atoms with Crippen LogP contribution in [-0.4, -0.2) is 114 Å². The summed E-state index contributed by atoms with van der Waals surface area (Å²) in [7, 11) is 3.39. The number of aromatic hydroxyl groups is 1. The fraction of sp³-hybridized carbons (Fsp3) is 0.545. The average molecular weight is 643 g/mol. The Kier molecular flexibility index (Phi) is 12.6. The van der Waals surface area contributed by atoms with E-state index in [4.69, 9.17) is 22.4 Å². The first-order chi connectivity index (χ1) is 21.1. The van der Waals surface area contributed by atoms with Crippen molar-refractivity contribution in [2.75, 3.05) is 78.7 Å². The standard InChI is InChI=1S/C33H46N4O3S3/c38-20-6-4-10-34-12-16-36(17-13-34)24-28-22-27(32-30(33(41)43-42-32)26-8-2-1-3-9-26)23-29(31(28)40)25-37-18-14-35(15-19-37)11-5-7-21-39/h1-3,8-9,22-23,38-40H,4-7,10-21,24-25H2. The average Bonchev–Trinajstić information content (AvgIpc) is 3.42. The number of phenols is 1. The maximum atomic E-state index is 11.7. The van der Waals surface area contributed by atoms with Crippen LogP contribution in [0.5, 0.6) is 5.75 Å². The Morgan fingerprint density at radius 3 is 1.60 bits per heavy atom. The van der Waals surface area contributed by atoms with Gasteiger partial charge in [0.2, 0.25) is 0 Å². The summed E-state index contributed by atoms with van der Waals surface area (Å²) in [5, 5.41) is 29.9. The molecule has 7 nitrogen and oxygen atoms in total. The summed E-state index contributed by atoms with van der Waals surface area (Å²) in [6.45, 7) is 12.0. The molecule has 3 heterocycles. The van der Waals surface area contributed by atoms with Gasteiger partial charge in [-0.05, 0) is 62.0 Å². The predicted octanol–water partition coefficient (Wildman–Crippen LogP) is 5.36. The molecular formula is C33H46N4O3S3. The van der Waals surface area contributed by atoms with Crippen LogP contribution in [0.1, 0.15) is 36.8 Å². The summed E-state index contributed by atoms with van der Waals surface area (Å²) in [4.78, 5) is 11.1. The highest BCUT2D eigenvalue weighted by atomic mass is 32.9. The van der Waals surface area contributed by atoms with E-state index in [0.717, 1.165) is 136 Å². The van der Waals surface area contributed by atoms with Gasteiger partial charge in [-0.15, -0.1) is 0 Å². The van der Waals surface area contributed by atoms with Crippen molar-refractivity contribution in [3.63, 3.8) is 0 Å². The van der Waals surface area contributed by atoms with Gasteiger partial charge < -0.3 is 25.1 Å². The van der Waals surface area contributed by atoms with Crippen LogP contribution in [0.4, 0.5) is 0 Å². The van der Waals surface area contributed by atoms with Crippen molar-refractivity contribution in [2.45, 2.75) is 38.8 Å². The molecule has 3 N–H and O–H groups in total. The fourth-order valence-corrected chi connectivity index (χ4v) is 9.05. The highest BCUT2D eigenvalue weighted by molar-refractivity contribution is 7.80. The van der Waals surface area contributed by atoms with Crippen LogP contribution in [0.15, 0.2) is 42.5 Å². The first kappa shape index (κ1) is 32.7. The second kappa shape index (κ2) is 16.5. The molecular weight excluding hydrogens is 597 g/mol. The van der Waals surface area contributed by atoms with E-state index in [1.807, 2.05) is 6.07 Å². The molecule has 2 saturated heterocycles. The Morgan fingerprint density at radius 1 is 0.628 bits per heavy atom. The summed E-state index contributed by atoms with van der Waals surface area (Å²) in [5.41, 5.74) is 5.40. The Hall–Kier alpha value is -1.73. The first-order valence-corrected chi connectivity index (χ1v) is 18.3. The lowest BCUT2D eigenvalue weighted by Gasteiger charge is -2.36. The maximum absolute atomic E-state index is 11.7. The highest BCUT2D eigenvalue weighted by Crippen LogP contribution is 2.43. The molecule has 0 atom stereocenters. The van der Waals surface area contributed by atoms with Gasteiger partial charge in [-0.1, -0.05) is 63.2 Å². The topological polar surface area (TPSA) is 73.7 Å². The maximum Gasteiger partial charge on any atom is 0.124 e. The molecule has 0 radical (unpaired) electrons. The number of piperazine rings is 2. The number of unbranched alkanes of at least 4 members (excludes halogenated alkanes) is 2. The molecule has 234 valence electrons. The van der Waals surface area contributed by atoms with Crippen molar-refractivity contribution < 1.29 is 15.3 Å². The molecule has 2 fully saturated rings. The Labute approximate surface area is 269 Å². The van der Waals surface area contributed by atoms with Crippen molar-refractivity contribution in [1.82, 2.24) is 19.6 Å². The lowest BCUT2D eigenvalue weighted by molar-refractivity contribution is 0.121. The van der Waals surface area contributed by atoms with E-state index in [0.29, 0.717) is 5.75 Å². The second-order valence-corrected chi connectivity index (χ2v) is 14.6. The van der Waals surface area contributed by atoms with Crippen molar-refractivity contribution in [3.05, 3.63) is 57.4 Å². The molecule has 0 saturated carbocycles. The van der Waals surface area contributed by atoms with E-state index < -0.39 is 0 Å². The number of aliphatic hydroxyl groups is 2. The number of rotatable bonds is 14. The van der Waals surface area contributed by atoms with Crippen molar-refractivity contribution in [2.24, 2.45) is 0 Å². The van der Waals surface area contributed by atoms with Gasteiger partial charge in [0, 0.05) is 95.4 Å². The Balaban J connectivity index is 1.37.